The second-order valence-electron chi connectivity index (χ2n) is 13.1. The van der Waals surface area contributed by atoms with Gasteiger partial charge in [-0.3, -0.25) is 14.5 Å². The van der Waals surface area contributed by atoms with Gasteiger partial charge in [0.2, 0.25) is 5.91 Å². The van der Waals surface area contributed by atoms with E-state index in [0.29, 0.717) is 36.7 Å². The smallest absolute Gasteiger partial charge is 0.416 e. The molecule has 2 N–H and O–H groups in total. The number of carbonyl (C=O) groups is 2. The SMILES string of the molecule is Cc1cc(F)cc(Oc2ccc(CN(C)C[C@H]3Oc4c(NC(=O)Cc5ccc(C(F)(F)F)cc5)cccc4C(=O)N([C@@H](C)CO)C[C@H]3C)cc2)c1. The van der Waals surface area contributed by atoms with Crippen LogP contribution in [0.4, 0.5) is 23.2 Å². The van der Waals surface area contributed by atoms with E-state index in [1.807, 2.05) is 38.2 Å². The quantitative estimate of drug-likeness (QED) is 0.157. The van der Waals surface area contributed by atoms with Gasteiger partial charge in [0.1, 0.15) is 23.4 Å². The van der Waals surface area contributed by atoms with E-state index in [9.17, 15) is 32.3 Å². The van der Waals surface area contributed by atoms with Crippen LogP contribution in [-0.4, -0.2) is 65.6 Å². The Labute approximate surface area is 294 Å². The molecule has 0 fully saturated rings. The number of likely N-dealkylation sites (N-methyl/N-ethyl adjacent to an activating group) is 1. The molecule has 0 aromatic heterocycles. The van der Waals surface area contributed by atoms with Crippen LogP contribution in [0.15, 0.2) is 84.9 Å². The normalized spacial score (nSPS) is 16.9. The number of para-hydroxylation sites is 1. The molecule has 8 nitrogen and oxygen atoms in total. The Morgan fingerprint density at radius 3 is 2.37 bits per heavy atom. The van der Waals surface area contributed by atoms with Crippen LogP contribution in [0.3, 0.4) is 0 Å². The number of hydrogen-bond donors (Lipinski definition) is 2. The highest BCUT2D eigenvalue weighted by molar-refractivity contribution is 6.02. The molecular formula is C39H41F4N3O5. The molecule has 1 aliphatic heterocycles. The fourth-order valence-electron chi connectivity index (χ4n) is 6.00. The number of carbonyl (C=O) groups excluding carboxylic acids is 2. The third kappa shape index (κ3) is 9.65. The first kappa shape index (κ1) is 37.3. The number of nitrogens with zero attached hydrogens (tertiary/aromatic N) is 2. The summed E-state index contributed by atoms with van der Waals surface area (Å²) in [5.74, 6) is -0.273. The lowest BCUT2D eigenvalue weighted by Crippen LogP contribution is -2.49. The average molecular weight is 708 g/mol. The van der Waals surface area contributed by atoms with Crippen LogP contribution < -0.4 is 14.8 Å². The highest BCUT2D eigenvalue weighted by atomic mass is 19.4. The second kappa shape index (κ2) is 15.9. The Bertz CT molecular complexity index is 1810. The molecule has 0 aliphatic carbocycles. The molecule has 12 heteroatoms. The van der Waals surface area contributed by atoms with Crippen molar-refractivity contribution in [1.82, 2.24) is 9.80 Å². The van der Waals surface area contributed by atoms with E-state index in [0.717, 1.165) is 23.3 Å². The van der Waals surface area contributed by atoms with Gasteiger partial charge in [-0.15, -0.1) is 0 Å². The van der Waals surface area contributed by atoms with Gasteiger partial charge in [-0.2, -0.15) is 13.2 Å². The van der Waals surface area contributed by atoms with Crippen molar-refractivity contribution in [2.75, 3.05) is 32.1 Å². The standard InChI is InChI=1S/C39H41F4N3O5/c1-24-16-30(40)19-32(17-24)50-31-14-10-28(11-15-31)21-45(4)22-35-25(2)20-46(26(3)23-47)38(49)33-6-5-7-34(37(33)51-35)44-36(48)18-27-8-12-29(13-9-27)39(41,42)43/h5-17,19,25-26,35,47H,18,20-23H2,1-4H3,(H,44,48)/t25-,26+,35-/m1/s1. The van der Waals surface area contributed by atoms with Gasteiger partial charge in [0.25, 0.3) is 5.91 Å². The Kier molecular flexibility index (Phi) is 11.7. The molecule has 51 heavy (non-hydrogen) atoms. The summed E-state index contributed by atoms with van der Waals surface area (Å²) >= 11 is 0. The van der Waals surface area contributed by atoms with Crippen molar-refractivity contribution in [1.29, 1.82) is 0 Å². The van der Waals surface area contributed by atoms with E-state index in [1.54, 1.807) is 43.0 Å². The van der Waals surface area contributed by atoms with Crippen LogP contribution in [0.2, 0.25) is 0 Å². The van der Waals surface area contributed by atoms with Crippen molar-refractivity contribution in [3.63, 3.8) is 0 Å². The lowest BCUT2D eigenvalue weighted by atomic mass is 9.98. The molecule has 1 aliphatic rings. The molecule has 4 aromatic carbocycles. The third-order valence-corrected chi connectivity index (χ3v) is 8.73. The number of nitrogens with one attached hydrogen (secondary N) is 1. The Balaban J connectivity index is 1.33. The second-order valence-corrected chi connectivity index (χ2v) is 13.1. The number of benzene rings is 4. The molecule has 0 radical (unpaired) electrons. The minimum absolute atomic E-state index is 0.178. The van der Waals surface area contributed by atoms with Gasteiger partial charge < -0.3 is 24.8 Å². The van der Waals surface area contributed by atoms with Gasteiger partial charge in [0.15, 0.2) is 5.75 Å². The number of halogens is 4. The van der Waals surface area contributed by atoms with Crippen molar-refractivity contribution < 1.29 is 41.7 Å². The summed E-state index contributed by atoms with van der Waals surface area (Å²) in [6.45, 7) is 6.55. The minimum atomic E-state index is -4.49. The summed E-state index contributed by atoms with van der Waals surface area (Å²) in [7, 11) is 1.94. The number of alkyl halides is 3. The molecule has 270 valence electrons. The van der Waals surface area contributed by atoms with Crippen molar-refractivity contribution in [3.05, 3.63) is 119 Å². The predicted octanol–water partition coefficient (Wildman–Crippen LogP) is 7.48. The fraction of sp³-hybridized carbons (Fsp3) is 0.333. The van der Waals surface area contributed by atoms with E-state index in [2.05, 4.69) is 10.2 Å². The summed E-state index contributed by atoms with van der Waals surface area (Å²) < 4.78 is 65.3. The summed E-state index contributed by atoms with van der Waals surface area (Å²) in [5, 5.41) is 12.8. The van der Waals surface area contributed by atoms with Crippen LogP contribution in [0, 0.1) is 18.7 Å². The Morgan fingerprint density at radius 2 is 1.73 bits per heavy atom. The highest BCUT2D eigenvalue weighted by Crippen LogP contribution is 2.35. The molecule has 0 bridgehead atoms. The first-order valence-electron chi connectivity index (χ1n) is 16.6. The van der Waals surface area contributed by atoms with E-state index in [-0.39, 0.29) is 47.7 Å². The summed E-state index contributed by atoms with van der Waals surface area (Å²) in [6.07, 6.45) is -5.14. The molecule has 0 unspecified atom stereocenters. The maximum absolute atomic E-state index is 13.8. The molecule has 5 rings (SSSR count). The summed E-state index contributed by atoms with van der Waals surface area (Å²) in [6, 6.07) is 20.7. The molecule has 0 saturated carbocycles. The van der Waals surface area contributed by atoms with Crippen LogP contribution in [0.1, 0.15) is 46.5 Å². The van der Waals surface area contributed by atoms with Crippen LogP contribution in [0.25, 0.3) is 0 Å². The average Bonchev–Trinajstić information content (AvgIpc) is 3.06. The van der Waals surface area contributed by atoms with Gasteiger partial charge in [-0.05, 0) is 86.1 Å². The van der Waals surface area contributed by atoms with Gasteiger partial charge in [-0.1, -0.05) is 37.3 Å². The maximum Gasteiger partial charge on any atom is 0.416 e. The maximum atomic E-state index is 13.8. The molecule has 0 spiro atoms. The zero-order valence-corrected chi connectivity index (χ0v) is 28.8. The van der Waals surface area contributed by atoms with Gasteiger partial charge in [0.05, 0.1) is 35.9 Å². The number of aliphatic hydroxyl groups is 1. The molecule has 1 heterocycles. The fourth-order valence-corrected chi connectivity index (χ4v) is 6.00. The van der Waals surface area contributed by atoms with E-state index < -0.39 is 29.8 Å². The van der Waals surface area contributed by atoms with Crippen molar-refractivity contribution in [2.45, 2.75) is 52.1 Å². The van der Waals surface area contributed by atoms with E-state index >= 15 is 0 Å². The van der Waals surface area contributed by atoms with Crippen molar-refractivity contribution in [2.24, 2.45) is 5.92 Å². The number of aryl methyl sites for hydroxylation is 1. The van der Waals surface area contributed by atoms with Crippen LogP contribution in [-0.2, 0) is 23.9 Å². The number of anilines is 1. The Hall–Kier alpha value is -4.94. The molecule has 0 saturated heterocycles. The topological polar surface area (TPSA) is 91.3 Å². The molecule has 4 aromatic rings. The number of rotatable bonds is 11. The molecule has 2 amide bonds. The van der Waals surface area contributed by atoms with Crippen LogP contribution >= 0.6 is 0 Å². The molecule has 3 atom stereocenters. The van der Waals surface area contributed by atoms with Crippen molar-refractivity contribution >= 4 is 17.5 Å². The first-order chi connectivity index (χ1) is 24.2. The lowest BCUT2D eigenvalue weighted by Gasteiger charge is -2.38. The van der Waals surface area contributed by atoms with E-state index in [1.165, 1.54) is 24.3 Å². The number of fused-ring (bicyclic) bond motifs is 1. The number of ether oxygens (including phenoxy) is 2. The van der Waals surface area contributed by atoms with Crippen molar-refractivity contribution in [3.8, 4) is 17.2 Å². The zero-order chi connectivity index (χ0) is 36.9. The van der Waals surface area contributed by atoms with Crippen LogP contribution in [0.5, 0.6) is 17.2 Å². The first-order valence-corrected chi connectivity index (χ1v) is 16.6. The zero-order valence-electron chi connectivity index (χ0n) is 28.8. The van der Waals surface area contributed by atoms with Gasteiger partial charge in [-0.25, -0.2) is 4.39 Å². The number of hydrogen-bond acceptors (Lipinski definition) is 6. The summed E-state index contributed by atoms with van der Waals surface area (Å²) in [5.41, 5.74) is 1.78. The predicted molar refractivity (Wildman–Crippen MR) is 185 cm³/mol. The third-order valence-electron chi connectivity index (χ3n) is 8.73. The number of aliphatic hydroxyl groups excluding tert-OH is 1. The molecular weight excluding hydrogens is 666 g/mol. The summed E-state index contributed by atoms with van der Waals surface area (Å²) in [4.78, 5) is 30.6. The Morgan fingerprint density at radius 1 is 1.04 bits per heavy atom. The van der Waals surface area contributed by atoms with Gasteiger partial charge >= 0.3 is 6.18 Å². The number of amides is 2. The van der Waals surface area contributed by atoms with E-state index in [4.69, 9.17) is 9.47 Å². The lowest BCUT2D eigenvalue weighted by molar-refractivity contribution is -0.137. The minimum Gasteiger partial charge on any atom is -0.486 e. The monoisotopic (exact) mass is 707 g/mol. The van der Waals surface area contributed by atoms with Gasteiger partial charge in [0, 0.05) is 31.6 Å². The largest absolute Gasteiger partial charge is 0.486 e. The highest BCUT2D eigenvalue weighted by Gasteiger charge is 2.35.